The minimum Gasteiger partial charge on any atom is -0.444 e. The number of rotatable bonds is 3. The van der Waals surface area contributed by atoms with Crippen LogP contribution >= 0.6 is 0 Å². The number of ether oxygens (including phenoxy) is 1. The first-order chi connectivity index (χ1) is 9.36. The van der Waals surface area contributed by atoms with Crippen LogP contribution in [-0.4, -0.2) is 35.7 Å². The summed E-state index contributed by atoms with van der Waals surface area (Å²) < 4.78 is 40.7. The summed E-state index contributed by atoms with van der Waals surface area (Å²) in [6.45, 7) is 6.35. The zero-order valence-electron chi connectivity index (χ0n) is 12.1. The maximum Gasteiger partial charge on any atom is 0.472 e. The van der Waals surface area contributed by atoms with E-state index in [1.807, 2.05) is 0 Å². The van der Waals surface area contributed by atoms with E-state index in [0.717, 1.165) is 0 Å². The van der Waals surface area contributed by atoms with E-state index in [-0.39, 0.29) is 6.42 Å². The molecule has 0 aromatic rings. The molecule has 0 aliphatic rings. The van der Waals surface area contributed by atoms with Crippen LogP contribution in [-0.2, 0) is 14.3 Å². The van der Waals surface area contributed by atoms with E-state index in [1.54, 1.807) is 26.2 Å². The van der Waals surface area contributed by atoms with Crippen molar-refractivity contribution in [2.45, 2.75) is 51.9 Å². The smallest absolute Gasteiger partial charge is 0.444 e. The maximum absolute atomic E-state index is 11.9. The summed E-state index contributed by atoms with van der Waals surface area (Å²) in [5.41, 5.74) is 1.99. The molecule has 122 valence electrons. The largest absolute Gasteiger partial charge is 0.472 e. The number of halogens is 3. The number of carbonyl (C=O) groups excluding carboxylic acids is 3. The van der Waals surface area contributed by atoms with Crippen molar-refractivity contribution < 1.29 is 32.3 Å². The minimum atomic E-state index is -5.12. The Kier molecular flexibility index (Phi) is 6.46. The van der Waals surface area contributed by atoms with Gasteiger partial charge >= 0.3 is 18.2 Å². The van der Waals surface area contributed by atoms with Gasteiger partial charge in [-0.15, -0.1) is 0 Å². The topological polar surface area (TPSA) is 96.5 Å². The van der Waals surface area contributed by atoms with Gasteiger partial charge < -0.3 is 10.1 Å². The van der Waals surface area contributed by atoms with Crippen molar-refractivity contribution in [2.24, 2.45) is 0 Å². The molecule has 0 spiro atoms. The number of alkyl carbamates (subject to hydrolysis) is 1. The van der Waals surface area contributed by atoms with Crippen LogP contribution in [0, 0.1) is 0 Å². The Labute approximate surface area is 119 Å². The number of carbonyl (C=O) groups is 3. The summed E-state index contributed by atoms with van der Waals surface area (Å²) in [6, 6.07) is -1.15. The second-order valence-corrected chi connectivity index (χ2v) is 5.05. The molecule has 0 radical (unpaired) electrons. The maximum atomic E-state index is 11.9. The molecule has 0 heterocycles. The number of alkyl halides is 3. The summed E-state index contributed by atoms with van der Waals surface area (Å²) in [6.07, 6.45) is -5.92. The predicted octanol–water partition coefficient (Wildman–Crippen LogP) is 0.999. The van der Waals surface area contributed by atoms with Gasteiger partial charge in [-0.05, 0) is 27.2 Å². The van der Waals surface area contributed by atoms with E-state index >= 15 is 0 Å². The van der Waals surface area contributed by atoms with Crippen molar-refractivity contribution in [1.82, 2.24) is 16.2 Å². The molecule has 0 aromatic heterocycles. The fraction of sp³-hybridized carbons (Fsp3) is 0.727. The average Bonchev–Trinajstić information content (AvgIpc) is 2.28. The van der Waals surface area contributed by atoms with Crippen molar-refractivity contribution >= 4 is 17.9 Å². The lowest BCUT2D eigenvalue weighted by Gasteiger charge is -2.22. The lowest BCUT2D eigenvalue weighted by Crippen LogP contribution is -2.54. The third kappa shape index (κ3) is 8.00. The quantitative estimate of drug-likeness (QED) is 0.677. The van der Waals surface area contributed by atoms with Gasteiger partial charge in [-0.3, -0.25) is 20.4 Å². The van der Waals surface area contributed by atoms with Gasteiger partial charge in [0.05, 0.1) is 0 Å². The van der Waals surface area contributed by atoms with Crippen LogP contribution in [0.5, 0.6) is 0 Å². The second kappa shape index (κ2) is 7.14. The van der Waals surface area contributed by atoms with Crippen molar-refractivity contribution in [1.29, 1.82) is 0 Å². The molecule has 0 rings (SSSR count). The summed E-state index contributed by atoms with van der Waals surface area (Å²) in [5.74, 6) is -3.32. The molecular weight excluding hydrogens is 295 g/mol. The normalized spacial score (nSPS) is 13.1. The van der Waals surface area contributed by atoms with E-state index in [2.05, 4.69) is 5.32 Å². The van der Waals surface area contributed by atoms with Crippen LogP contribution in [0.2, 0.25) is 0 Å². The Morgan fingerprint density at radius 2 is 1.62 bits per heavy atom. The van der Waals surface area contributed by atoms with Crippen molar-refractivity contribution in [3.05, 3.63) is 0 Å². The predicted molar refractivity (Wildman–Crippen MR) is 65.8 cm³/mol. The van der Waals surface area contributed by atoms with Gasteiger partial charge in [-0.25, -0.2) is 4.79 Å². The van der Waals surface area contributed by atoms with E-state index in [1.165, 1.54) is 12.3 Å². The fourth-order valence-corrected chi connectivity index (χ4v) is 1.08. The van der Waals surface area contributed by atoms with E-state index < -0.39 is 35.7 Å². The number of hydrazine groups is 1. The van der Waals surface area contributed by atoms with Crippen LogP contribution in [0.25, 0.3) is 0 Å². The number of hydrogen-bond acceptors (Lipinski definition) is 4. The van der Waals surface area contributed by atoms with Gasteiger partial charge in [0.1, 0.15) is 11.6 Å². The Balaban J connectivity index is 4.44. The zero-order chi connectivity index (χ0) is 16.8. The zero-order valence-corrected chi connectivity index (χ0v) is 12.1. The molecule has 7 nitrogen and oxygen atoms in total. The fourth-order valence-electron chi connectivity index (χ4n) is 1.08. The number of amides is 3. The van der Waals surface area contributed by atoms with Crippen LogP contribution in [0.4, 0.5) is 18.0 Å². The molecule has 0 bridgehead atoms. The van der Waals surface area contributed by atoms with Gasteiger partial charge in [0, 0.05) is 0 Å². The lowest BCUT2D eigenvalue weighted by atomic mass is 10.2. The van der Waals surface area contributed by atoms with E-state index in [0.29, 0.717) is 0 Å². The molecule has 0 aliphatic carbocycles. The minimum absolute atomic E-state index is 0.0902. The van der Waals surface area contributed by atoms with E-state index in [9.17, 15) is 27.6 Å². The molecule has 0 aliphatic heterocycles. The Morgan fingerprint density at radius 1 is 1.10 bits per heavy atom. The summed E-state index contributed by atoms with van der Waals surface area (Å²) in [4.78, 5) is 33.5. The van der Waals surface area contributed by atoms with Crippen molar-refractivity contribution in [3.63, 3.8) is 0 Å². The van der Waals surface area contributed by atoms with Gasteiger partial charge in [0.2, 0.25) is 0 Å². The monoisotopic (exact) mass is 313 g/mol. The first-order valence-electron chi connectivity index (χ1n) is 6.03. The summed E-state index contributed by atoms with van der Waals surface area (Å²) in [5, 5.41) is 2.18. The molecule has 0 fully saturated rings. The summed E-state index contributed by atoms with van der Waals surface area (Å²) in [7, 11) is 0. The summed E-state index contributed by atoms with van der Waals surface area (Å²) >= 11 is 0. The highest BCUT2D eigenvalue weighted by Gasteiger charge is 2.39. The Bertz CT molecular complexity index is 404. The highest BCUT2D eigenvalue weighted by molar-refractivity contribution is 5.89. The third-order valence-electron chi connectivity index (χ3n) is 1.97. The highest BCUT2D eigenvalue weighted by Crippen LogP contribution is 2.13. The Morgan fingerprint density at radius 3 is 2.00 bits per heavy atom. The van der Waals surface area contributed by atoms with Crippen LogP contribution in [0.1, 0.15) is 34.1 Å². The van der Waals surface area contributed by atoms with Gasteiger partial charge in [0.25, 0.3) is 5.91 Å². The van der Waals surface area contributed by atoms with Crippen molar-refractivity contribution in [2.75, 3.05) is 0 Å². The molecule has 3 amide bonds. The molecular formula is C11H18F3N3O4. The second-order valence-electron chi connectivity index (χ2n) is 5.05. The highest BCUT2D eigenvalue weighted by atomic mass is 19.4. The molecule has 3 N–H and O–H groups in total. The van der Waals surface area contributed by atoms with Gasteiger partial charge in [0.15, 0.2) is 0 Å². The van der Waals surface area contributed by atoms with E-state index in [4.69, 9.17) is 4.74 Å². The standard InChI is InChI=1S/C11H18F3N3O4/c1-5-6(15-9(20)21-10(2,3)4)7(18)16-17-8(19)11(12,13)14/h6H,5H2,1-4H3,(H,15,20)(H,16,18)(H,17,19). The first-order valence-corrected chi connectivity index (χ1v) is 6.03. The van der Waals surface area contributed by atoms with Gasteiger partial charge in [-0.2, -0.15) is 13.2 Å². The average molecular weight is 313 g/mol. The lowest BCUT2D eigenvalue weighted by molar-refractivity contribution is -0.175. The SMILES string of the molecule is CCC(NC(=O)OC(C)(C)C)C(=O)NNC(=O)C(F)(F)F. The van der Waals surface area contributed by atoms with Crippen molar-refractivity contribution in [3.8, 4) is 0 Å². The molecule has 1 unspecified atom stereocenters. The third-order valence-corrected chi connectivity index (χ3v) is 1.97. The molecule has 0 saturated heterocycles. The van der Waals surface area contributed by atoms with Crippen LogP contribution in [0.3, 0.4) is 0 Å². The molecule has 1 atom stereocenters. The molecule has 21 heavy (non-hydrogen) atoms. The number of hydrogen-bond donors (Lipinski definition) is 3. The van der Waals surface area contributed by atoms with Gasteiger partial charge in [-0.1, -0.05) is 6.92 Å². The van der Waals surface area contributed by atoms with Crippen LogP contribution < -0.4 is 16.2 Å². The first kappa shape index (κ1) is 19.0. The molecule has 10 heteroatoms. The Hall–Kier alpha value is -2.00. The van der Waals surface area contributed by atoms with Crippen LogP contribution in [0.15, 0.2) is 0 Å². The molecule has 0 aromatic carbocycles. The molecule has 0 saturated carbocycles. The number of nitrogens with one attached hydrogen (secondary N) is 3.